The van der Waals surface area contributed by atoms with E-state index in [1.807, 2.05) is 19.1 Å². The van der Waals surface area contributed by atoms with Crippen molar-refractivity contribution in [1.82, 2.24) is 5.32 Å². The Kier molecular flexibility index (Phi) is 6.46. The predicted octanol–water partition coefficient (Wildman–Crippen LogP) is 3.23. The first-order chi connectivity index (χ1) is 12.4. The van der Waals surface area contributed by atoms with E-state index in [4.69, 9.17) is 22.1 Å². The van der Waals surface area contributed by atoms with Crippen LogP contribution in [0.3, 0.4) is 0 Å². The van der Waals surface area contributed by atoms with Crippen LogP contribution in [0.4, 0.5) is 5.69 Å². The van der Waals surface area contributed by atoms with Gasteiger partial charge in [0.05, 0.1) is 12.8 Å². The van der Waals surface area contributed by atoms with Gasteiger partial charge in [-0.2, -0.15) is 0 Å². The Balaban J connectivity index is 2.11. The molecule has 2 aromatic carbocycles. The first kappa shape index (κ1) is 19.1. The molecule has 0 saturated carbocycles. The van der Waals surface area contributed by atoms with Crippen LogP contribution in [0.1, 0.15) is 21.5 Å². The Morgan fingerprint density at radius 1 is 1.15 bits per heavy atom. The summed E-state index contributed by atoms with van der Waals surface area (Å²) in [4.78, 5) is 22.8. The third kappa shape index (κ3) is 5.42. The number of hydrogen-bond acceptors (Lipinski definition) is 4. The van der Waals surface area contributed by atoms with Gasteiger partial charge in [0.25, 0.3) is 5.91 Å². The zero-order chi connectivity index (χ0) is 19.1. The lowest BCUT2D eigenvalue weighted by molar-refractivity contribution is -0.131. The minimum atomic E-state index is -1.05. The van der Waals surface area contributed by atoms with Crippen LogP contribution in [0.2, 0.25) is 0 Å². The molecule has 0 aliphatic heterocycles. The molecule has 1 amide bonds. The zero-order valence-electron chi connectivity index (χ0n) is 14.3. The Labute approximate surface area is 156 Å². The lowest BCUT2D eigenvalue weighted by Gasteiger charge is -2.13. The predicted molar refractivity (Wildman–Crippen MR) is 105 cm³/mol. The summed E-state index contributed by atoms with van der Waals surface area (Å²) < 4.78 is 5.25. The van der Waals surface area contributed by atoms with Gasteiger partial charge < -0.3 is 15.2 Å². The van der Waals surface area contributed by atoms with E-state index in [0.29, 0.717) is 22.6 Å². The van der Waals surface area contributed by atoms with Crippen molar-refractivity contribution < 1.29 is 19.4 Å². The average Bonchev–Trinajstić information content (AvgIpc) is 2.60. The number of carboxylic acid groups (broad SMARTS) is 1. The lowest BCUT2D eigenvalue weighted by atomic mass is 10.1. The van der Waals surface area contributed by atoms with Gasteiger partial charge in [0.2, 0.25) is 0 Å². The van der Waals surface area contributed by atoms with Crippen LogP contribution in [0.15, 0.2) is 48.5 Å². The number of carboxylic acids is 1. The third-order valence-electron chi connectivity index (χ3n) is 3.43. The average molecular weight is 370 g/mol. The Bertz CT molecular complexity index is 860. The van der Waals surface area contributed by atoms with Crippen molar-refractivity contribution >= 4 is 41.0 Å². The molecule has 0 heterocycles. The number of methoxy groups -OCH3 is 1. The molecule has 134 valence electrons. The Morgan fingerprint density at radius 2 is 1.85 bits per heavy atom. The molecule has 6 nitrogen and oxygen atoms in total. The van der Waals surface area contributed by atoms with Gasteiger partial charge in [-0.05, 0) is 55.0 Å². The number of benzene rings is 2. The van der Waals surface area contributed by atoms with E-state index < -0.39 is 5.97 Å². The number of amides is 1. The fraction of sp³-hybridized carbons (Fsp3) is 0.105. The summed E-state index contributed by atoms with van der Waals surface area (Å²) in [5.41, 5.74) is 2.70. The number of ether oxygens (including phenoxy) is 1. The molecular weight excluding hydrogens is 352 g/mol. The molecule has 0 unspecified atom stereocenters. The molecule has 0 saturated heterocycles. The van der Waals surface area contributed by atoms with Gasteiger partial charge in [-0.1, -0.05) is 23.8 Å². The van der Waals surface area contributed by atoms with E-state index in [1.54, 1.807) is 30.3 Å². The first-order valence-corrected chi connectivity index (χ1v) is 8.08. The standard InChI is InChI=1S/C19H18N2O4S/c1-12-3-7-14(8-4-12)18(24)21-19(26)20-15-11-13(6-10-17(22)23)5-9-16(15)25-2/h3-11H,1-2H3,(H,22,23)(H2,20,21,24,26)/b10-6+. The van der Waals surface area contributed by atoms with Crippen molar-refractivity contribution in [1.29, 1.82) is 0 Å². The highest BCUT2D eigenvalue weighted by molar-refractivity contribution is 7.80. The van der Waals surface area contributed by atoms with Gasteiger partial charge in [0.15, 0.2) is 5.11 Å². The van der Waals surface area contributed by atoms with Gasteiger partial charge >= 0.3 is 5.97 Å². The van der Waals surface area contributed by atoms with E-state index in [-0.39, 0.29) is 11.0 Å². The number of nitrogens with one attached hydrogen (secondary N) is 2. The molecule has 0 fully saturated rings. The second-order valence-electron chi connectivity index (χ2n) is 5.41. The van der Waals surface area contributed by atoms with Crippen molar-refractivity contribution in [2.24, 2.45) is 0 Å². The fourth-order valence-corrected chi connectivity index (χ4v) is 2.33. The van der Waals surface area contributed by atoms with Crippen LogP contribution in [0, 0.1) is 6.92 Å². The number of thiocarbonyl (C=S) groups is 1. The molecule has 26 heavy (non-hydrogen) atoms. The number of anilines is 1. The van der Waals surface area contributed by atoms with Crippen molar-refractivity contribution in [2.45, 2.75) is 6.92 Å². The second-order valence-corrected chi connectivity index (χ2v) is 5.81. The van der Waals surface area contributed by atoms with Crippen molar-refractivity contribution in [3.63, 3.8) is 0 Å². The number of hydrogen-bond donors (Lipinski definition) is 3. The van der Waals surface area contributed by atoms with Gasteiger partial charge in [-0.25, -0.2) is 4.79 Å². The molecule has 0 atom stereocenters. The van der Waals surface area contributed by atoms with E-state index in [2.05, 4.69) is 10.6 Å². The third-order valence-corrected chi connectivity index (χ3v) is 3.64. The van der Waals surface area contributed by atoms with E-state index >= 15 is 0 Å². The molecule has 0 aromatic heterocycles. The maximum absolute atomic E-state index is 12.2. The van der Waals surface area contributed by atoms with Gasteiger partial charge in [0.1, 0.15) is 5.75 Å². The summed E-state index contributed by atoms with van der Waals surface area (Å²) >= 11 is 5.18. The van der Waals surface area contributed by atoms with Crippen LogP contribution in [-0.4, -0.2) is 29.2 Å². The molecule has 3 N–H and O–H groups in total. The number of aryl methyl sites for hydroxylation is 1. The van der Waals surface area contributed by atoms with Crippen molar-refractivity contribution in [2.75, 3.05) is 12.4 Å². The largest absolute Gasteiger partial charge is 0.495 e. The van der Waals surface area contributed by atoms with Crippen molar-refractivity contribution in [3.05, 3.63) is 65.2 Å². The molecule has 2 rings (SSSR count). The second kappa shape index (κ2) is 8.77. The van der Waals surface area contributed by atoms with E-state index in [9.17, 15) is 9.59 Å². The van der Waals surface area contributed by atoms with Crippen LogP contribution >= 0.6 is 12.2 Å². The Hall–Kier alpha value is -3.19. The highest BCUT2D eigenvalue weighted by Gasteiger charge is 2.10. The highest BCUT2D eigenvalue weighted by atomic mass is 32.1. The SMILES string of the molecule is COc1ccc(/C=C/C(=O)O)cc1NC(=S)NC(=O)c1ccc(C)cc1. The maximum atomic E-state index is 12.2. The molecule has 0 aliphatic rings. The molecule has 2 aromatic rings. The zero-order valence-corrected chi connectivity index (χ0v) is 15.1. The lowest BCUT2D eigenvalue weighted by Crippen LogP contribution is -2.34. The molecule has 0 bridgehead atoms. The fourth-order valence-electron chi connectivity index (χ4n) is 2.13. The Morgan fingerprint density at radius 3 is 2.46 bits per heavy atom. The highest BCUT2D eigenvalue weighted by Crippen LogP contribution is 2.26. The molecule has 0 spiro atoms. The van der Waals surface area contributed by atoms with Crippen LogP contribution in [-0.2, 0) is 4.79 Å². The van der Waals surface area contributed by atoms with Gasteiger partial charge in [-0.15, -0.1) is 0 Å². The maximum Gasteiger partial charge on any atom is 0.328 e. The minimum absolute atomic E-state index is 0.105. The summed E-state index contributed by atoms with van der Waals surface area (Å²) in [6.07, 6.45) is 2.48. The van der Waals surface area contributed by atoms with E-state index in [1.165, 1.54) is 13.2 Å². The summed E-state index contributed by atoms with van der Waals surface area (Å²) in [6, 6.07) is 12.2. The first-order valence-electron chi connectivity index (χ1n) is 7.67. The van der Waals surface area contributed by atoms with Crippen molar-refractivity contribution in [3.8, 4) is 5.75 Å². The van der Waals surface area contributed by atoms with E-state index in [0.717, 1.165) is 11.6 Å². The topological polar surface area (TPSA) is 87.7 Å². The summed E-state index contributed by atoms with van der Waals surface area (Å²) in [6.45, 7) is 1.94. The van der Waals surface area contributed by atoms with Crippen LogP contribution < -0.4 is 15.4 Å². The van der Waals surface area contributed by atoms with Gasteiger partial charge in [-0.3, -0.25) is 10.1 Å². The molecular formula is C19H18N2O4S. The molecule has 7 heteroatoms. The summed E-state index contributed by atoms with van der Waals surface area (Å²) in [5, 5.41) is 14.3. The normalized spacial score (nSPS) is 10.4. The smallest absolute Gasteiger partial charge is 0.328 e. The van der Waals surface area contributed by atoms with Crippen LogP contribution in [0.25, 0.3) is 6.08 Å². The van der Waals surface area contributed by atoms with Gasteiger partial charge in [0, 0.05) is 11.6 Å². The molecule has 0 radical (unpaired) electrons. The number of carbonyl (C=O) groups is 2. The number of rotatable bonds is 5. The molecule has 0 aliphatic carbocycles. The summed E-state index contributed by atoms with van der Waals surface area (Å²) in [5.74, 6) is -0.871. The monoisotopic (exact) mass is 370 g/mol. The number of carbonyl (C=O) groups excluding carboxylic acids is 1. The van der Waals surface area contributed by atoms with Crippen LogP contribution in [0.5, 0.6) is 5.75 Å². The minimum Gasteiger partial charge on any atom is -0.495 e. The quantitative estimate of drug-likeness (QED) is 0.553. The summed E-state index contributed by atoms with van der Waals surface area (Å²) in [7, 11) is 1.50. The number of aliphatic carboxylic acids is 1.